The summed E-state index contributed by atoms with van der Waals surface area (Å²) in [6.07, 6.45) is 3.69. The quantitative estimate of drug-likeness (QED) is 0.298. The fourth-order valence-corrected chi connectivity index (χ4v) is 8.93. The SMILES string of the molecule is C/C=C(/C)C(=O)O[C@H]1C(C)(C)[C@H](CC(=O)OC)[C@@]2(C)C(=O)[C@]1(O)C[C@]1(O)C3=CC(=O)O[C@@H](c4ccoc4)[C@]3(C)CCC21. The number of Topliss-reactive ketones (excluding diaryl/α,β-unsaturated/α-hetero) is 1. The standard InChI is InChI=1S/C32H40O10/c1-8-17(2)25(35)42-27-28(3,4)20(13-22(33)39-7)30(6)19-9-11-29(5)21(31(19,37)16-32(27,38)26(30)36)14-23(34)41-24(29)18-10-12-40-15-18/h8,10,12,14-15,19-20,24,27,37-38H,9,11,13,16H2,1-7H3/b17-8-/t19?,20-,24-,27-,29+,30-,31+,32+/m0/s1. The minimum Gasteiger partial charge on any atom is -0.472 e. The number of ether oxygens (including phenoxy) is 3. The molecule has 10 nitrogen and oxygen atoms in total. The van der Waals surface area contributed by atoms with Gasteiger partial charge in [0.2, 0.25) is 0 Å². The molecule has 5 rings (SSSR count). The lowest BCUT2D eigenvalue weighted by molar-refractivity contribution is -0.273. The topological polar surface area (TPSA) is 150 Å². The van der Waals surface area contributed by atoms with E-state index in [4.69, 9.17) is 18.6 Å². The largest absolute Gasteiger partial charge is 0.472 e. The first-order valence-electron chi connectivity index (χ1n) is 14.4. The molecule has 3 fully saturated rings. The van der Waals surface area contributed by atoms with Crippen molar-refractivity contribution in [3.05, 3.63) is 47.5 Å². The lowest BCUT2D eigenvalue weighted by atomic mass is 9.36. The summed E-state index contributed by atoms with van der Waals surface area (Å²) in [5.41, 5.74) is -6.42. The molecule has 2 heterocycles. The molecule has 0 radical (unpaired) electrons. The van der Waals surface area contributed by atoms with Gasteiger partial charge in [-0.25, -0.2) is 9.59 Å². The van der Waals surface area contributed by atoms with Gasteiger partial charge in [0, 0.05) is 52.2 Å². The fourth-order valence-electron chi connectivity index (χ4n) is 8.93. The molecule has 1 unspecified atom stereocenters. The summed E-state index contributed by atoms with van der Waals surface area (Å²) in [7, 11) is 1.25. The van der Waals surface area contributed by atoms with Crippen LogP contribution in [-0.2, 0) is 33.4 Å². The van der Waals surface area contributed by atoms with Gasteiger partial charge in [0.05, 0.1) is 25.2 Å². The Morgan fingerprint density at radius 3 is 2.43 bits per heavy atom. The molecule has 4 aliphatic rings. The Morgan fingerprint density at radius 2 is 1.83 bits per heavy atom. The molecule has 228 valence electrons. The number of hydrogen-bond donors (Lipinski definition) is 2. The number of furan rings is 1. The second-order valence-corrected chi connectivity index (χ2v) is 13.5. The monoisotopic (exact) mass is 584 g/mol. The Bertz CT molecular complexity index is 1390. The van der Waals surface area contributed by atoms with Crippen LogP contribution < -0.4 is 0 Å². The molecule has 10 heteroatoms. The predicted molar refractivity (Wildman–Crippen MR) is 147 cm³/mol. The molecular formula is C32H40O10. The zero-order valence-corrected chi connectivity index (χ0v) is 25.2. The van der Waals surface area contributed by atoms with Gasteiger partial charge in [-0.2, -0.15) is 0 Å². The zero-order valence-electron chi connectivity index (χ0n) is 25.2. The van der Waals surface area contributed by atoms with E-state index >= 15 is 0 Å². The van der Waals surface area contributed by atoms with Crippen molar-refractivity contribution in [2.75, 3.05) is 7.11 Å². The Kier molecular flexibility index (Phi) is 6.94. The van der Waals surface area contributed by atoms with Crippen LogP contribution in [0.15, 0.2) is 46.3 Å². The van der Waals surface area contributed by atoms with Gasteiger partial charge in [0.25, 0.3) is 0 Å². The zero-order chi connectivity index (χ0) is 31.0. The first kappa shape index (κ1) is 30.2. The van der Waals surface area contributed by atoms with E-state index in [1.54, 1.807) is 46.8 Å². The molecular weight excluding hydrogens is 544 g/mol. The van der Waals surface area contributed by atoms with Crippen molar-refractivity contribution in [2.45, 2.75) is 90.6 Å². The molecule has 0 saturated heterocycles. The number of rotatable bonds is 5. The van der Waals surface area contributed by atoms with Crippen LogP contribution in [0.25, 0.3) is 0 Å². The van der Waals surface area contributed by atoms with Crippen LogP contribution in [0.1, 0.15) is 78.9 Å². The van der Waals surface area contributed by atoms with Crippen LogP contribution in [0.2, 0.25) is 0 Å². The first-order chi connectivity index (χ1) is 19.5. The van der Waals surface area contributed by atoms with Gasteiger partial charge in [-0.05, 0) is 44.2 Å². The van der Waals surface area contributed by atoms with Crippen LogP contribution in [0, 0.1) is 28.1 Å². The van der Waals surface area contributed by atoms with Gasteiger partial charge in [0.1, 0.15) is 12.2 Å². The van der Waals surface area contributed by atoms with Crippen LogP contribution in [-0.4, -0.2) is 58.3 Å². The Balaban J connectivity index is 1.72. The van der Waals surface area contributed by atoms with E-state index in [-0.39, 0.29) is 12.0 Å². The van der Waals surface area contributed by atoms with Crippen molar-refractivity contribution < 1.29 is 48.0 Å². The summed E-state index contributed by atoms with van der Waals surface area (Å²) in [6, 6.07) is 1.70. The molecule has 2 N–H and O–H groups in total. The number of carbonyl (C=O) groups excluding carboxylic acids is 4. The average molecular weight is 585 g/mol. The van der Waals surface area contributed by atoms with Crippen LogP contribution >= 0.6 is 0 Å². The van der Waals surface area contributed by atoms with E-state index < -0.39 is 81.6 Å². The number of hydrogen-bond acceptors (Lipinski definition) is 10. The second kappa shape index (κ2) is 9.64. The number of fused-ring (bicyclic) bond motifs is 6. The van der Waals surface area contributed by atoms with Crippen molar-refractivity contribution >= 4 is 23.7 Å². The first-order valence-corrected chi connectivity index (χ1v) is 14.4. The van der Waals surface area contributed by atoms with Gasteiger partial charge in [-0.1, -0.05) is 33.8 Å². The van der Waals surface area contributed by atoms with Crippen molar-refractivity contribution in [1.29, 1.82) is 0 Å². The molecule has 2 bridgehead atoms. The maximum Gasteiger partial charge on any atom is 0.333 e. The third-order valence-corrected chi connectivity index (χ3v) is 11.0. The van der Waals surface area contributed by atoms with Crippen LogP contribution in [0.5, 0.6) is 0 Å². The second-order valence-electron chi connectivity index (χ2n) is 13.5. The summed E-state index contributed by atoms with van der Waals surface area (Å²) in [5.74, 6) is -4.12. The number of esters is 3. The van der Waals surface area contributed by atoms with Crippen LogP contribution in [0.3, 0.4) is 0 Å². The van der Waals surface area contributed by atoms with Gasteiger partial charge >= 0.3 is 17.9 Å². The highest BCUT2D eigenvalue weighted by Crippen LogP contribution is 2.71. The Hall–Kier alpha value is -3.24. The molecule has 0 aromatic carbocycles. The number of carbonyl (C=O) groups is 4. The molecule has 1 aromatic rings. The molecule has 8 atom stereocenters. The number of ketones is 1. The van der Waals surface area contributed by atoms with Gasteiger partial charge in [-0.3, -0.25) is 9.59 Å². The number of methoxy groups -OCH3 is 1. The molecule has 1 aliphatic heterocycles. The summed E-state index contributed by atoms with van der Waals surface area (Å²) >= 11 is 0. The molecule has 0 amide bonds. The minimum atomic E-state index is -2.33. The van der Waals surface area contributed by atoms with E-state index in [2.05, 4.69) is 0 Å². The number of aliphatic hydroxyl groups is 2. The van der Waals surface area contributed by atoms with Gasteiger partial charge in [0.15, 0.2) is 11.4 Å². The fraction of sp³-hybridized carbons (Fsp3) is 0.625. The Morgan fingerprint density at radius 1 is 1.14 bits per heavy atom. The van der Waals surface area contributed by atoms with E-state index in [0.29, 0.717) is 24.0 Å². The highest BCUT2D eigenvalue weighted by Gasteiger charge is 2.79. The van der Waals surface area contributed by atoms with Gasteiger partial charge in [-0.15, -0.1) is 0 Å². The highest BCUT2D eigenvalue weighted by atomic mass is 16.6. The summed E-state index contributed by atoms with van der Waals surface area (Å²) in [4.78, 5) is 53.5. The lowest BCUT2D eigenvalue weighted by Crippen LogP contribution is -2.80. The molecule has 1 aromatic heterocycles. The van der Waals surface area contributed by atoms with Crippen LogP contribution in [0.4, 0.5) is 0 Å². The smallest absolute Gasteiger partial charge is 0.333 e. The predicted octanol–water partition coefficient (Wildman–Crippen LogP) is 3.76. The molecule has 42 heavy (non-hydrogen) atoms. The Labute approximate surface area is 245 Å². The normalized spacial score (nSPS) is 40.7. The van der Waals surface area contributed by atoms with E-state index in [9.17, 15) is 29.4 Å². The minimum absolute atomic E-state index is 0.207. The molecule has 3 saturated carbocycles. The number of cyclic esters (lactones) is 1. The van der Waals surface area contributed by atoms with E-state index in [0.717, 1.165) is 0 Å². The third-order valence-electron chi connectivity index (χ3n) is 11.0. The van der Waals surface area contributed by atoms with Crippen molar-refractivity contribution in [1.82, 2.24) is 0 Å². The van der Waals surface area contributed by atoms with E-state index in [1.807, 2.05) is 6.92 Å². The molecule has 0 spiro atoms. The highest BCUT2D eigenvalue weighted by molar-refractivity contribution is 5.98. The molecule has 3 aliphatic carbocycles. The van der Waals surface area contributed by atoms with Gasteiger partial charge < -0.3 is 28.8 Å². The average Bonchev–Trinajstić information content (AvgIpc) is 3.47. The van der Waals surface area contributed by atoms with Crippen molar-refractivity contribution in [2.24, 2.45) is 28.1 Å². The summed E-state index contributed by atoms with van der Waals surface area (Å²) < 4.78 is 22.0. The number of allylic oxidation sites excluding steroid dienone is 1. The van der Waals surface area contributed by atoms with Crippen molar-refractivity contribution in [3.8, 4) is 0 Å². The van der Waals surface area contributed by atoms with Crippen molar-refractivity contribution in [3.63, 3.8) is 0 Å². The summed E-state index contributed by atoms with van der Waals surface area (Å²) in [5, 5.41) is 25.3. The maximum atomic E-state index is 14.6. The van der Waals surface area contributed by atoms with E-state index in [1.165, 1.54) is 25.7 Å². The lowest BCUT2D eigenvalue weighted by Gasteiger charge is -2.69. The maximum absolute atomic E-state index is 14.6. The third kappa shape index (κ3) is 3.90. The summed E-state index contributed by atoms with van der Waals surface area (Å²) in [6.45, 7) is 10.3.